The minimum absolute atomic E-state index is 0.0224. The maximum Gasteiger partial charge on any atom is 0.255 e. The second-order valence-corrected chi connectivity index (χ2v) is 5.54. The van der Waals surface area contributed by atoms with E-state index in [4.69, 9.17) is 0 Å². The van der Waals surface area contributed by atoms with Crippen LogP contribution in [-0.4, -0.2) is 53.3 Å². The van der Waals surface area contributed by atoms with Gasteiger partial charge in [-0.3, -0.25) is 14.6 Å². The van der Waals surface area contributed by atoms with E-state index in [1.54, 1.807) is 24.2 Å². The lowest BCUT2D eigenvalue weighted by molar-refractivity contribution is 0.0791. The van der Waals surface area contributed by atoms with Crippen molar-refractivity contribution in [1.82, 2.24) is 14.8 Å². The molecule has 1 fully saturated rings. The van der Waals surface area contributed by atoms with Gasteiger partial charge in [-0.15, -0.1) is 0 Å². The van der Waals surface area contributed by atoms with E-state index in [0.717, 1.165) is 45.3 Å². The van der Waals surface area contributed by atoms with E-state index in [2.05, 4.69) is 11.9 Å². The van der Waals surface area contributed by atoms with E-state index in [1.807, 2.05) is 4.90 Å². The molecule has 0 aliphatic carbocycles. The SMILES string of the molecule is CCCCN(C)C(=O)c1cncc(C(=O)N2CCCC2)c1. The van der Waals surface area contributed by atoms with Gasteiger partial charge in [0.05, 0.1) is 11.1 Å². The molecule has 1 aromatic rings. The Bertz CT molecular complexity index is 510. The Morgan fingerprint density at radius 2 is 1.90 bits per heavy atom. The van der Waals surface area contributed by atoms with Crippen molar-refractivity contribution in [2.45, 2.75) is 32.6 Å². The minimum Gasteiger partial charge on any atom is -0.342 e. The highest BCUT2D eigenvalue weighted by molar-refractivity contribution is 5.99. The van der Waals surface area contributed by atoms with Crippen molar-refractivity contribution >= 4 is 11.8 Å². The molecule has 5 heteroatoms. The van der Waals surface area contributed by atoms with Crippen LogP contribution in [-0.2, 0) is 0 Å². The van der Waals surface area contributed by atoms with Crippen LogP contribution in [0, 0.1) is 0 Å². The molecule has 0 atom stereocenters. The van der Waals surface area contributed by atoms with Crippen molar-refractivity contribution in [3.8, 4) is 0 Å². The van der Waals surface area contributed by atoms with Gasteiger partial charge < -0.3 is 9.80 Å². The molecule has 21 heavy (non-hydrogen) atoms. The molecule has 0 spiro atoms. The zero-order valence-corrected chi connectivity index (χ0v) is 12.8. The quantitative estimate of drug-likeness (QED) is 0.835. The van der Waals surface area contributed by atoms with Crippen LogP contribution in [0.4, 0.5) is 0 Å². The summed E-state index contributed by atoms with van der Waals surface area (Å²) in [7, 11) is 1.78. The Morgan fingerprint density at radius 1 is 1.24 bits per heavy atom. The van der Waals surface area contributed by atoms with Crippen molar-refractivity contribution in [3.05, 3.63) is 29.6 Å². The molecule has 1 saturated heterocycles. The average Bonchev–Trinajstić information content (AvgIpc) is 3.05. The fraction of sp³-hybridized carbons (Fsp3) is 0.562. The summed E-state index contributed by atoms with van der Waals surface area (Å²) < 4.78 is 0. The first-order valence-corrected chi connectivity index (χ1v) is 7.63. The Labute approximate surface area is 126 Å². The fourth-order valence-electron chi connectivity index (χ4n) is 2.49. The van der Waals surface area contributed by atoms with Crippen LogP contribution in [0.15, 0.2) is 18.5 Å². The summed E-state index contributed by atoms with van der Waals surface area (Å²) in [6.07, 6.45) is 7.20. The van der Waals surface area contributed by atoms with Crippen molar-refractivity contribution in [2.75, 3.05) is 26.7 Å². The number of unbranched alkanes of at least 4 members (excludes halogenated alkanes) is 1. The van der Waals surface area contributed by atoms with Gasteiger partial charge in [-0.25, -0.2) is 0 Å². The largest absolute Gasteiger partial charge is 0.342 e. The van der Waals surface area contributed by atoms with Gasteiger partial charge in [-0.2, -0.15) is 0 Å². The van der Waals surface area contributed by atoms with Gasteiger partial charge in [0.25, 0.3) is 11.8 Å². The van der Waals surface area contributed by atoms with Gasteiger partial charge >= 0.3 is 0 Å². The summed E-state index contributed by atoms with van der Waals surface area (Å²) >= 11 is 0. The molecule has 1 aliphatic heterocycles. The highest BCUT2D eigenvalue weighted by Crippen LogP contribution is 2.14. The van der Waals surface area contributed by atoms with Crippen LogP contribution in [0.25, 0.3) is 0 Å². The van der Waals surface area contributed by atoms with E-state index in [1.165, 1.54) is 6.20 Å². The molecular weight excluding hydrogens is 266 g/mol. The molecule has 2 rings (SSSR count). The summed E-state index contributed by atoms with van der Waals surface area (Å²) in [5, 5.41) is 0. The predicted molar refractivity (Wildman–Crippen MR) is 81.2 cm³/mol. The van der Waals surface area contributed by atoms with Crippen LogP contribution >= 0.6 is 0 Å². The molecule has 2 amide bonds. The van der Waals surface area contributed by atoms with E-state index in [9.17, 15) is 9.59 Å². The number of likely N-dealkylation sites (tertiary alicyclic amines) is 1. The highest BCUT2D eigenvalue weighted by Gasteiger charge is 2.21. The molecular formula is C16H23N3O2. The van der Waals surface area contributed by atoms with Gasteiger partial charge in [0, 0.05) is 39.1 Å². The fourth-order valence-corrected chi connectivity index (χ4v) is 2.49. The Balaban J connectivity index is 2.09. The third-order valence-electron chi connectivity index (χ3n) is 3.82. The zero-order valence-electron chi connectivity index (χ0n) is 12.8. The Hall–Kier alpha value is -1.91. The van der Waals surface area contributed by atoms with Crippen LogP contribution < -0.4 is 0 Å². The van der Waals surface area contributed by atoms with Gasteiger partial charge in [-0.1, -0.05) is 13.3 Å². The Morgan fingerprint density at radius 3 is 2.57 bits per heavy atom. The van der Waals surface area contributed by atoms with Crippen LogP contribution in [0.2, 0.25) is 0 Å². The summed E-state index contributed by atoms with van der Waals surface area (Å²) in [5.74, 6) is -0.0992. The lowest BCUT2D eigenvalue weighted by Gasteiger charge is -2.18. The van der Waals surface area contributed by atoms with Crippen LogP contribution in [0.3, 0.4) is 0 Å². The summed E-state index contributed by atoms with van der Waals surface area (Å²) in [6, 6.07) is 1.67. The zero-order chi connectivity index (χ0) is 15.2. The molecule has 1 aliphatic rings. The van der Waals surface area contributed by atoms with Crippen LogP contribution in [0.5, 0.6) is 0 Å². The van der Waals surface area contributed by atoms with Crippen LogP contribution in [0.1, 0.15) is 53.3 Å². The van der Waals surface area contributed by atoms with Crippen molar-refractivity contribution in [1.29, 1.82) is 0 Å². The second-order valence-electron chi connectivity index (χ2n) is 5.54. The molecule has 0 radical (unpaired) electrons. The van der Waals surface area contributed by atoms with Gasteiger partial charge in [-0.05, 0) is 25.3 Å². The number of rotatable bonds is 5. The second kappa shape index (κ2) is 7.20. The minimum atomic E-state index is -0.0768. The summed E-state index contributed by atoms with van der Waals surface area (Å²) in [4.78, 5) is 32.2. The van der Waals surface area contributed by atoms with E-state index < -0.39 is 0 Å². The molecule has 0 bridgehead atoms. The lowest BCUT2D eigenvalue weighted by Crippen LogP contribution is -2.30. The lowest BCUT2D eigenvalue weighted by atomic mass is 10.1. The van der Waals surface area contributed by atoms with Gasteiger partial charge in [0.15, 0.2) is 0 Å². The van der Waals surface area contributed by atoms with Gasteiger partial charge in [0.2, 0.25) is 0 Å². The van der Waals surface area contributed by atoms with Crippen molar-refractivity contribution in [3.63, 3.8) is 0 Å². The molecule has 5 nitrogen and oxygen atoms in total. The van der Waals surface area contributed by atoms with E-state index >= 15 is 0 Å². The number of nitrogens with zero attached hydrogens (tertiary/aromatic N) is 3. The maximum absolute atomic E-state index is 12.3. The highest BCUT2D eigenvalue weighted by atomic mass is 16.2. The number of aromatic nitrogens is 1. The standard InChI is InChI=1S/C16H23N3O2/c1-3-4-7-18(2)15(20)13-10-14(12-17-11-13)16(21)19-8-5-6-9-19/h10-12H,3-9H2,1-2H3. The summed E-state index contributed by atoms with van der Waals surface area (Å²) in [6.45, 7) is 4.41. The van der Waals surface area contributed by atoms with Gasteiger partial charge in [0.1, 0.15) is 0 Å². The molecule has 0 saturated carbocycles. The smallest absolute Gasteiger partial charge is 0.255 e. The molecule has 1 aromatic heterocycles. The third kappa shape index (κ3) is 3.80. The normalized spacial score (nSPS) is 14.3. The molecule has 0 unspecified atom stereocenters. The van der Waals surface area contributed by atoms with E-state index in [0.29, 0.717) is 11.1 Å². The number of pyridine rings is 1. The topological polar surface area (TPSA) is 53.5 Å². The Kier molecular flexibility index (Phi) is 5.31. The first-order valence-electron chi connectivity index (χ1n) is 7.63. The number of hydrogen-bond acceptors (Lipinski definition) is 3. The first-order chi connectivity index (χ1) is 10.1. The predicted octanol–water partition coefficient (Wildman–Crippen LogP) is 2.19. The molecule has 2 heterocycles. The van der Waals surface area contributed by atoms with Crippen molar-refractivity contribution in [2.24, 2.45) is 0 Å². The molecule has 0 aromatic carbocycles. The first kappa shape index (κ1) is 15.5. The molecule has 114 valence electrons. The number of amides is 2. The molecule has 0 N–H and O–H groups in total. The third-order valence-corrected chi connectivity index (χ3v) is 3.82. The average molecular weight is 289 g/mol. The monoisotopic (exact) mass is 289 g/mol. The number of carbonyl (C=O) groups excluding carboxylic acids is 2. The number of hydrogen-bond donors (Lipinski definition) is 0. The maximum atomic E-state index is 12.3. The number of carbonyl (C=O) groups is 2. The summed E-state index contributed by atoms with van der Waals surface area (Å²) in [5.41, 5.74) is 0.991. The van der Waals surface area contributed by atoms with E-state index in [-0.39, 0.29) is 11.8 Å². The van der Waals surface area contributed by atoms with Crippen molar-refractivity contribution < 1.29 is 9.59 Å².